The van der Waals surface area contributed by atoms with Crippen molar-refractivity contribution in [1.29, 1.82) is 0 Å². The Bertz CT molecular complexity index is 4280. The largest absolute Gasteiger partial charge is 0.456 e. The molecule has 4 aromatic heterocycles. The van der Waals surface area contributed by atoms with Gasteiger partial charge in [-0.3, -0.25) is 0 Å². The lowest BCUT2D eigenvalue weighted by Crippen LogP contribution is -2.00. The van der Waals surface area contributed by atoms with Crippen LogP contribution >= 0.6 is 0 Å². The first-order chi connectivity index (χ1) is 34.7. The molecule has 0 amide bonds. The summed E-state index contributed by atoms with van der Waals surface area (Å²) in [5.41, 5.74) is 15.1. The van der Waals surface area contributed by atoms with E-state index in [0.717, 1.165) is 127 Å². The molecule has 0 N–H and O–H groups in total. The SMILES string of the molecule is c1ccc(-c2cc(-c3ccccc3)cc(-c3nc(-c4ccccc4)nc(-c4ccc(-c5nc6ccccc6c6c(-c7cccc8c7oc7ccccc78)c7c(cc56)oc5ccccc57)cc4)n3)c2)cc1. The standard InChI is InChI=1S/C64H38N4O2/c1-4-17-39(18-5-1)44-35-45(40-19-6-2-7-20-40)37-46(36-44)64-67-62(42-21-8-3-9-22-42)66-63(68-64)43-33-31-41(32-34-43)60-52-38-56-58(50-25-12-15-30-55(50)69-56)59(57(52)49-24-10-13-28-53(49)65-60)51-27-16-26-48-47-23-11-14-29-54(47)70-61(48)51/h1-38H. The Morgan fingerprint density at radius 2 is 0.771 bits per heavy atom. The molecule has 0 aliphatic rings. The van der Waals surface area contributed by atoms with Crippen LogP contribution in [0.1, 0.15) is 0 Å². The van der Waals surface area contributed by atoms with E-state index < -0.39 is 0 Å². The number of pyridine rings is 1. The second-order valence-electron chi connectivity index (χ2n) is 17.7. The van der Waals surface area contributed by atoms with Crippen molar-refractivity contribution in [2.24, 2.45) is 0 Å². The molecule has 0 unspecified atom stereocenters. The van der Waals surface area contributed by atoms with E-state index in [1.165, 1.54) is 0 Å². The number of para-hydroxylation sites is 4. The van der Waals surface area contributed by atoms with E-state index in [1.54, 1.807) is 0 Å². The quantitative estimate of drug-likeness (QED) is 0.148. The maximum absolute atomic E-state index is 6.77. The van der Waals surface area contributed by atoms with Crippen LogP contribution in [0.25, 0.3) is 144 Å². The summed E-state index contributed by atoms with van der Waals surface area (Å²) >= 11 is 0. The van der Waals surface area contributed by atoms with Crippen molar-refractivity contribution in [1.82, 2.24) is 19.9 Å². The van der Waals surface area contributed by atoms with E-state index in [0.29, 0.717) is 17.5 Å². The van der Waals surface area contributed by atoms with Gasteiger partial charge in [-0.05, 0) is 64.7 Å². The summed E-state index contributed by atoms with van der Waals surface area (Å²) in [6, 6.07) is 79.7. The minimum atomic E-state index is 0.573. The lowest BCUT2D eigenvalue weighted by molar-refractivity contribution is 0.669. The fourth-order valence-electron chi connectivity index (χ4n) is 10.2. The predicted octanol–water partition coefficient (Wildman–Crippen LogP) is 17.0. The Labute approximate surface area is 401 Å². The van der Waals surface area contributed by atoms with Crippen molar-refractivity contribution in [2.75, 3.05) is 0 Å². The summed E-state index contributed by atoms with van der Waals surface area (Å²) in [6.45, 7) is 0. The number of aromatic nitrogens is 4. The van der Waals surface area contributed by atoms with Gasteiger partial charge in [0, 0.05) is 71.1 Å². The number of hydrogen-bond donors (Lipinski definition) is 0. The van der Waals surface area contributed by atoms with E-state index in [2.05, 4.69) is 164 Å². The fraction of sp³-hybridized carbons (Fsp3) is 0. The van der Waals surface area contributed by atoms with Crippen molar-refractivity contribution >= 4 is 65.6 Å². The number of benzene rings is 10. The molecule has 0 fully saturated rings. The summed E-state index contributed by atoms with van der Waals surface area (Å²) in [4.78, 5) is 21.0. The van der Waals surface area contributed by atoms with Crippen molar-refractivity contribution < 1.29 is 8.83 Å². The van der Waals surface area contributed by atoms with Crippen LogP contribution in [0.15, 0.2) is 239 Å². The van der Waals surface area contributed by atoms with Crippen molar-refractivity contribution in [2.45, 2.75) is 0 Å². The van der Waals surface area contributed by atoms with E-state index in [9.17, 15) is 0 Å². The number of rotatable bonds is 7. The first-order valence-electron chi connectivity index (χ1n) is 23.4. The molecule has 326 valence electrons. The first-order valence-corrected chi connectivity index (χ1v) is 23.4. The van der Waals surface area contributed by atoms with Crippen molar-refractivity contribution in [3.63, 3.8) is 0 Å². The number of nitrogens with zero attached hydrogens (tertiary/aromatic N) is 4. The normalized spacial score (nSPS) is 11.7. The van der Waals surface area contributed by atoms with Gasteiger partial charge in [0.2, 0.25) is 0 Å². The Hall–Kier alpha value is -9.52. The van der Waals surface area contributed by atoms with Gasteiger partial charge in [-0.1, -0.05) is 188 Å². The highest BCUT2D eigenvalue weighted by atomic mass is 16.3. The summed E-state index contributed by atoms with van der Waals surface area (Å²) in [6.07, 6.45) is 0. The highest BCUT2D eigenvalue weighted by molar-refractivity contribution is 6.29. The van der Waals surface area contributed by atoms with Crippen LogP contribution in [0.5, 0.6) is 0 Å². The molecule has 0 saturated carbocycles. The van der Waals surface area contributed by atoms with Gasteiger partial charge in [-0.25, -0.2) is 19.9 Å². The minimum Gasteiger partial charge on any atom is -0.456 e. The van der Waals surface area contributed by atoms with E-state index >= 15 is 0 Å². The molecule has 0 spiro atoms. The molecule has 10 aromatic carbocycles. The maximum atomic E-state index is 6.77. The van der Waals surface area contributed by atoms with E-state index in [-0.39, 0.29) is 0 Å². The van der Waals surface area contributed by atoms with Crippen molar-refractivity contribution in [3.05, 3.63) is 231 Å². The molecule has 14 aromatic rings. The van der Waals surface area contributed by atoms with Gasteiger partial charge in [-0.2, -0.15) is 0 Å². The summed E-state index contributed by atoms with van der Waals surface area (Å²) in [7, 11) is 0. The average molecular weight is 895 g/mol. The van der Waals surface area contributed by atoms with Crippen LogP contribution in [0, 0.1) is 0 Å². The zero-order chi connectivity index (χ0) is 46.1. The zero-order valence-corrected chi connectivity index (χ0v) is 37.5. The first kappa shape index (κ1) is 39.6. The van der Waals surface area contributed by atoms with Gasteiger partial charge in [-0.15, -0.1) is 0 Å². The monoisotopic (exact) mass is 894 g/mol. The van der Waals surface area contributed by atoms with Gasteiger partial charge in [0.15, 0.2) is 17.5 Å². The molecule has 6 heteroatoms. The molecule has 4 heterocycles. The smallest absolute Gasteiger partial charge is 0.164 e. The lowest BCUT2D eigenvalue weighted by atomic mass is 9.89. The number of fused-ring (bicyclic) bond motifs is 9. The van der Waals surface area contributed by atoms with Gasteiger partial charge < -0.3 is 8.83 Å². The third-order valence-electron chi connectivity index (χ3n) is 13.5. The second kappa shape index (κ2) is 16.1. The number of hydrogen-bond acceptors (Lipinski definition) is 6. The fourth-order valence-corrected chi connectivity index (χ4v) is 10.2. The maximum Gasteiger partial charge on any atom is 0.164 e. The highest BCUT2D eigenvalue weighted by Crippen LogP contribution is 2.49. The second-order valence-corrected chi connectivity index (χ2v) is 17.7. The van der Waals surface area contributed by atoms with Gasteiger partial charge in [0.25, 0.3) is 0 Å². The Kier molecular flexibility index (Phi) is 9.10. The molecule has 0 radical (unpaired) electrons. The third-order valence-corrected chi connectivity index (χ3v) is 13.5. The summed E-state index contributed by atoms with van der Waals surface area (Å²) in [5, 5.41) is 7.34. The van der Waals surface area contributed by atoms with Crippen LogP contribution in [-0.2, 0) is 0 Å². The molecular weight excluding hydrogens is 857 g/mol. The molecule has 0 aliphatic heterocycles. The Balaban J connectivity index is 0.972. The number of furan rings is 2. The van der Waals surface area contributed by atoms with Crippen molar-refractivity contribution in [3.8, 4) is 78.8 Å². The highest BCUT2D eigenvalue weighted by Gasteiger charge is 2.25. The topological polar surface area (TPSA) is 77.8 Å². The Morgan fingerprint density at radius 1 is 0.271 bits per heavy atom. The van der Waals surface area contributed by atoms with E-state index in [4.69, 9.17) is 28.8 Å². The molecule has 70 heavy (non-hydrogen) atoms. The molecule has 6 nitrogen and oxygen atoms in total. The van der Waals surface area contributed by atoms with Crippen LogP contribution in [0.4, 0.5) is 0 Å². The molecular formula is C64H38N4O2. The van der Waals surface area contributed by atoms with Gasteiger partial charge >= 0.3 is 0 Å². The summed E-state index contributed by atoms with van der Waals surface area (Å²) in [5.74, 6) is 1.76. The molecule has 0 bridgehead atoms. The van der Waals surface area contributed by atoms with Crippen LogP contribution in [0.3, 0.4) is 0 Å². The van der Waals surface area contributed by atoms with Crippen LogP contribution < -0.4 is 0 Å². The third kappa shape index (κ3) is 6.57. The lowest BCUT2D eigenvalue weighted by Gasteiger charge is -2.16. The minimum absolute atomic E-state index is 0.573. The molecule has 0 atom stereocenters. The van der Waals surface area contributed by atoms with Crippen LogP contribution in [0.2, 0.25) is 0 Å². The predicted molar refractivity (Wildman–Crippen MR) is 285 cm³/mol. The molecule has 0 aliphatic carbocycles. The molecule has 0 saturated heterocycles. The molecule has 14 rings (SSSR count). The van der Waals surface area contributed by atoms with Gasteiger partial charge in [0.05, 0.1) is 11.2 Å². The van der Waals surface area contributed by atoms with Gasteiger partial charge in [0.1, 0.15) is 22.3 Å². The summed E-state index contributed by atoms with van der Waals surface area (Å²) < 4.78 is 13.5. The van der Waals surface area contributed by atoms with E-state index in [1.807, 2.05) is 66.7 Å². The average Bonchev–Trinajstić information content (AvgIpc) is 4.01. The van der Waals surface area contributed by atoms with Crippen LogP contribution in [-0.4, -0.2) is 19.9 Å². The zero-order valence-electron chi connectivity index (χ0n) is 37.5. The Morgan fingerprint density at radius 3 is 1.44 bits per heavy atom.